The number of nitrogens with zero attached hydrogens (tertiary/aromatic N) is 1. The Hall–Kier alpha value is -1.88. The molecule has 1 aliphatic heterocycles. The maximum atomic E-state index is 11.7. The summed E-state index contributed by atoms with van der Waals surface area (Å²) in [4.78, 5) is 24.6. The number of carbonyl (C=O) groups is 2. The van der Waals surface area contributed by atoms with Crippen LogP contribution in [0.4, 0.5) is 0 Å². The molecular formula is C15H21N3O2. The van der Waals surface area contributed by atoms with Crippen molar-refractivity contribution < 1.29 is 9.59 Å². The maximum absolute atomic E-state index is 11.7. The van der Waals surface area contributed by atoms with Gasteiger partial charge in [0.15, 0.2) is 0 Å². The third kappa shape index (κ3) is 2.82. The van der Waals surface area contributed by atoms with Gasteiger partial charge < -0.3 is 16.0 Å². The van der Waals surface area contributed by atoms with Gasteiger partial charge in [0.05, 0.1) is 11.6 Å². The molecule has 0 aromatic heterocycles. The molecule has 1 fully saturated rings. The van der Waals surface area contributed by atoms with Gasteiger partial charge in [0.2, 0.25) is 12.3 Å². The Morgan fingerprint density at radius 3 is 2.55 bits per heavy atom. The highest BCUT2D eigenvalue weighted by Gasteiger charge is 2.46. The average molecular weight is 275 g/mol. The van der Waals surface area contributed by atoms with Crippen LogP contribution in [0.5, 0.6) is 0 Å². The van der Waals surface area contributed by atoms with E-state index in [4.69, 9.17) is 5.73 Å². The quantitative estimate of drug-likeness (QED) is 0.768. The topological polar surface area (TPSA) is 75.4 Å². The van der Waals surface area contributed by atoms with E-state index in [1.54, 1.807) is 4.90 Å². The molecule has 0 spiro atoms. The number of carbonyl (C=O) groups excluding carboxylic acids is 2. The van der Waals surface area contributed by atoms with E-state index in [1.165, 1.54) is 0 Å². The minimum atomic E-state index is -0.509. The maximum Gasteiger partial charge on any atom is 0.237 e. The van der Waals surface area contributed by atoms with Crippen LogP contribution in [-0.2, 0) is 16.1 Å². The summed E-state index contributed by atoms with van der Waals surface area (Å²) in [5.41, 5.74) is 6.43. The molecule has 1 saturated heterocycles. The van der Waals surface area contributed by atoms with E-state index in [0.29, 0.717) is 13.1 Å². The zero-order valence-corrected chi connectivity index (χ0v) is 11.9. The van der Waals surface area contributed by atoms with Crippen molar-refractivity contribution >= 4 is 12.3 Å². The summed E-state index contributed by atoms with van der Waals surface area (Å²) in [7, 11) is 0. The summed E-state index contributed by atoms with van der Waals surface area (Å²) in [6, 6.07) is 9.26. The number of rotatable bonds is 5. The lowest BCUT2D eigenvalue weighted by Gasteiger charge is -2.34. The largest absolute Gasteiger partial charge is 0.347 e. The van der Waals surface area contributed by atoms with E-state index >= 15 is 0 Å². The molecule has 0 bridgehead atoms. The molecule has 2 amide bonds. The number of hydrogen-bond acceptors (Lipinski definition) is 3. The van der Waals surface area contributed by atoms with E-state index in [1.807, 2.05) is 44.2 Å². The van der Waals surface area contributed by atoms with Crippen molar-refractivity contribution in [3.8, 4) is 0 Å². The molecular weight excluding hydrogens is 254 g/mol. The van der Waals surface area contributed by atoms with Crippen molar-refractivity contribution in [1.29, 1.82) is 0 Å². The van der Waals surface area contributed by atoms with E-state index in [0.717, 1.165) is 12.0 Å². The van der Waals surface area contributed by atoms with Crippen LogP contribution in [0.1, 0.15) is 19.4 Å². The van der Waals surface area contributed by atoms with E-state index in [-0.39, 0.29) is 11.8 Å². The second-order valence-corrected chi connectivity index (χ2v) is 5.72. The van der Waals surface area contributed by atoms with Gasteiger partial charge in [0.1, 0.15) is 0 Å². The molecule has 1 heterocycles. The van der Waals surface area contributed by atoms with Crippen LogP contribution in [0.25, 0.3) is 0 Å². The second kappa shape index (κ2) is 5.63. The van der Waals surface area contributed by atoms with Crippen LogP contribution in [0, 0.1) is 5.92 Å². The predicted molar refractivity (Wildman–Crippen MR) is 76.6 cm³/mol. The number of nitrogens with two attached hydrogens (primary N) is 1. The van der Waals surface area contributed by atoms with Crippen LogP contribution in [0.15, 0.2) is 30.3 Å². The molecule has 1 aromatic carbocycles. The molecule has 1 aliphatic rings. The number of amides is 2. The lowest BCUT2D eigenvalue weighted by atomic mass is 9.86. The Morgan fingerprint density at radius 1 is 1.40 bits per heavy atom. The molecule has 2 rings (SSSR count). The molecule has 20 heavy (non-hydrogen) atoms. The first kappa shape index (κ1) is 14.5. The number of nitrogens with one attached hydrogen (secondary N) is 1. The summed E-state index contributed by atoms with van der Waals surface area (Å²) < 4.78 is 0. The molecule has 3 unspecified atom stereocenters. The van der Waals surface area contributed by atoms with Crippen molar-refractivity contribution in [2.45, 2.75) is 32.0 Å². The van der Waals surface area contributed by atoms with Gasteiger partial charge in [-0.2, -0.15) is 0 Å². The minimum absolute atomic E-state index is 0.0202. The van der Waals surface area contributed by atoms with Crippen LogP contribution >= 0.6 is 0 Å². The summed E-state index contributed by atoms with van der Waals surface area (Å²) in [5.74, 6) is -0.168. The Bertz CT molecular complexity index is 491. The standard InChI is InChI=1S/C15H21N3O2/c1-11-13(16)14(20)17-15(11,2)9-18(10-19)8-12-6-4-3-5-7-12/h3-7,10-11,13H,8-9,16H2,1-2H3,(H,17,20). The van der Waals surface area contributed by atoms with Gasteiger partial charge in [-0.25, -0.2) is 0 Å². The second-order valence-electron chi connectivity index (χ2n) is 5.72. The van der Waals surface area contributed by atoms with E-state index in [9.17, 15) is 9.59 Å². The Kier molecular flexibility index (Phi) is 4.09. The highest BCUT2D eigenvalue weighted by molar-refractivity contribution is 5.85. The Labute approximate surface area is 119 Å². The molecule has 3 atom stereocenters. The molecule has 1 aromatic rings. The molecule has 108 valence electrons. The van der Waals surface area contributed by atoms with Gasteiger partial charge in [-0.15, -0.1) is 0 Å². The Morgan fingerprint density at radius 2 is 2.05 bits per heavy atom. The fourth-order valence-electron chi connectivity index (χ4n) is 2.66. The lowest BCUT2D eigenvalue weighted by Crippen LogP contribution is -2.51. The van der Waals surface area contributed by atoms with Crippen LogP contribution < -0.4 is 11.1 Å². The highest BCUT2D eigenvalue weighted by Crippen LogP contribution is 2.27. The Balaban J connectivity index is 2.07. The highest BCUT2D eigenvalue weighted by atomic mass is 16.2. The third-order valence-electron chi connectivity index (χ3n) is 4.16. The zero-order chi connectivity index (χ0) is 14.8. The summed E-state index contributed by atoms with van der Waals surface area (Å²) in [5, 5.41) is 2.92. The van der Waals surface area contributed by atoms with Gasteiger partial charge in [0.25, 0.3) is 0 Å². The molecule has 0 radical (unpaired) electrons. The van der Waals surface area contributed by atoms with Crippen LogP contribution in [-0.4, -0.2) is 35.3 Å². The third-order valence-corrected chi connectivity index (χ3v) is 4.16. The minimum Gasteiger partial charge on any atom is -0.347 e. The lowest BCUT2D eigenvalue weighted by molar-refractivity contribution is -0.122. The summed E-state index contributed by atoms with van der Waals surface area (Å²) in [6.07, 6.45) is 0.820. The van der Waals surface area contributed by atoms with Gasteiger partial charge >= 0.3 is 0 Å². The molecule has 5 heteroatoms. The van der Waals surface area contributed by atoms with Crippen molar-refractivity contribution in [1.82, 2.24) is 10.2 Å². The SMILES string of the molecule is CC1C(N)C(=O)NC1(C)CN(C=O)Cc1ccccc1. The van der Waals surface area contributed by atoms with E-state index < -0.39 is 11.6 Å². The smallest absolute Gasteiger partial charge is 0.237 e. The van der Waals surface area contributed by atoms with Crippen molar-refractivity contribution in [3.63, 3.8) is 0 Å². The molecule has 0 aliphatic carbocycles. The average Bonchev–Trinajstić information content (AvgIpc) is 2.63. The first-order valence-corrected chi connectivity index (χ1v) is 6.77. The summed E-state index contributed by atoms with van der Waals surface area (Å²) in [6.45, 7) is 4.85. The summed E-state index contributed by atoms with van der Waals surface area (Å²) >= 11 is 0. The van der Waals surface area contributed by atoms with E-state index in [2.05, 4.69) is 5.32 Å². The fraction of sp³-hybridized carbons (Fsp3) is 0.467. The van der Waals surface area contributed by atoms with Gasteiger partial charge in [-0.1, -0.05) is 37.3 Å². The van der Waals surface area contributed by atoms with Gasteiger partial charge in [0, 0.05) is 19.0 Å². The van der Waals surface area contributed by atoms with Crippen molar-refractivity contribution in [2.75, 3.05) is 6.54 Å². The van der Waals surface area contributed by atoms with Gasteiger partial charge in [-0.05, 0) is 12.5 Å². The molecule has 3 N–H and O–H groups in total. The van der Waals surface area contributed by atoms with Crippen LogP contribution in [0.2, 0.25) is 0 Å². The fourth-order valence-corrected chi connectivity index (χ4v) is 2.66. The zero-order valence-electron chi connectivity index (χ0n) is 11.9. The first-order chi connectivity index (χ1) is 9.46. The molecule has 5 nitrogen and oxygen atoms in total. The monoisotopic (exact) mass is 275 g/mol. The van der Waals surface area contributed by atoms with Gasteiger partial charge in [-0.3, -0.25) is 9.59 Å². The normalized spacial score (nSPS) is 29.1. The number of benzene rings is 1. The first-order valence-electron chi connectivity index (χ1n) is 6.77. The predicted octanol–water partition coefficient (Wildman–Crippen LogP) is 0.497. The number of hydrogen-bond donors (Lipinski definition) is 2. The molecule has 0 saturated carbocycles. The van der Waals surface area contributed by atoms with Crippen molar-refractivity contribution in [2.24, 2.45) is 11.7 Å². The van der Waals surface area contributed by atoms with Crippen molar-refractivity contribution in [3.05, 3.63) is 35.9 Å². The van der Waals surface area contributed by atoms with Crippen LogP contribution in [0.3, 0.4) is 0 Å².